The molecule has 0 radical (unpaired) electrons. The molecule has 0 saturated carbocycles. The van der Waals surface area contributed by atoms with E-state index in [1.54, 1.807) is 47.9 Å². The third-order valence-corrected chi connectivity index (χ3v) is 4.70. The van der Waals surface area contributed by atoms with E-state index in [2.05, 4.69) is 10.3 Å². The van der Waals surface area contributed by atoms with Gasteiger partial charge in [-0.25, -0.2) is 4.73 Å². The maximum atomic E-state index is 12.6. The number of imidazole rings is 1. The fourth-order valence-electron chi connectivity index (χ4n) is 3.33. The molecular weight excluding hydrogens is 356 g/mol. The number of carbonyl (C=O) groups excluding carboxylic acids is 1. The Labute approximate surface area is 160 Å². The van der Waals surface area contributed by atoms with Crippen molar-refractivity contribution in [3.8, 4) is 5.69 Å². The Morgan fingerprint density at radius 2 is 1.86 bits per heavy atom. The zero-order valence-corrected chi connectivity index (χ0v) is 15.4. The van der Waals surface area contributed by atoms with Crippen LogP contribution in [0.4, 0.5) is 5.69 Å². The number of aromatic nitrogens is 3. The number of amides is 1. The van der Waals surface area contributed by atoms with Crippen LogP contribution in [0, 0.1) is 19.1 Å². The normalized spacial score (nSPS) is 10.9. The monoisotopic (exact) mass is 374 g/mol. The highest BCUT2D eigenvalue weighted by Crippen LogP contribution is 2.21. The third-order valence-electron chi connectivity index (χ3n) is 4.70. The van der Waals surface area contributed by atoms with E-state index < -0.39 is 5.91 Å². The van der Waals surface area contributed by atoms with Gasteiger partial charge in [-0.05, 0) is 36.8 Å². The Balaban J connectivity index is 1.76. The van der Waals surface area contributed by atoms with Gasteiger partial charge in [-0.15, -0.1) is 0 Å². The Hall–Kier alpha value is -3.87. The molecule has 2 aromatic heterocycles. The number of aromatic amines is 1. The van der Waals surface area contributed by atoms with Crippen LogP contribution in [0.25, 0.3) is 16.6 Å². The maximum Gasteiger partial charge on any atom is 0.300 e. The number of fused-ring (bicyclic) bond motifs is 1. The second-order valence-electron chi connectivity index (χ2n) is 6.61. The Bertz CT molecular complexity index is 1260. The largest absolute Gasteiger partial charge is 0.710 e. The quantitative estimate of drug-likeness (QED) is 0.426. The first-order chi connectivity index (χ1) is 13.4. The van der Waals surface area contributed by atoms with Gasteiger partial charge in [0.25, 0.3) is 12.2 Å². The van der Waals surface area contributed by atoms with Crippen LogP contribution in [-0.4, -0.2) is 15.5 Å². The topological polar surface area (TPSA) is 93.8 Å². The highest BCUT2D eigenvalue weighted by atomic mass is 16.5. The van der Waals surface area contributed by atoms with E-state index in [4.69, 9.17) is 0 Å². The standard InChI is InChI=1S/C21H18N4O3/c1-13-10-19(26)23-18-11-16(8-9-17(13)18)24-12-25(28)20(14(24)2)21(27)22-15-6-4-3-5-7-15/h3-12H,1-2H3,(H,22,27)(H,23,26). The van der Waals surface area contributed by atoms with E-state index in [1.165, 1.54) is 6.33 Å². The predicted octanol–water partition coefficient (Wildman–Crippen LogP) is 2.82. The molecule has 2 aromatic carbocycles. The van der Waals surface area contributed by atoms with Gasteiger partial charge in [-0.1, -0.05) is 18.2 Å². The van der Waals surface area contributed by atoms with E-state index in [-0.39, 0.29) is 11.3 Å². The Morgan fingerprint density at radius 1 is 1.11 bits per heavy atom. The van der Waals surface area contributed by atoms with Gasteiger partial charge in [0.2, 0.25) is 11.3 Å². The summed E-state index contributed by atoms with van der Waals surface area (Å²) in [7, 11) is 0. The van der Waals surface area contributed by atoms with Gasteiger partial charge in [-0.2, -0.15) is 4.57 Å². The van der Waals surface area contributed by atoms with Crippen molar-refractivity contribution in [3.05, 3.63) is 93.4 Å². The van der Waals surface area contributed by atoms with Gasteiger partial charge in [0.1, 0.15) is 5.69 Å². The number of hydrogen-bond acceptors (Lipinski definition) is 3. The lowest BCUT2D eigenvalue weighted by molar-refractivity contribution is -0.606. The number of carbonyl (C=O) groups is 1. The summed E-state index contributed by atoms with van der Waals surface area (Å²) in [6.07, 6.45) is 1.31. The summed E-state index contributed by atoms with van der Waals surface area (Å²) >= 11 is 0. The minimum atomic E-state index is -0.484. The van der Waals surface area contributed by atoms with Crippen molar-refractivity contribution in [2.45, 2.75) is 13.8 Å². The molecule has 140 valence electrons. The summed E-state index contributed by atoms with van der Waals surface area (Å²) in [6.45, 7) is 3.58. The SMILES string of the molecule is Cc1cc(=O)[nH]c2cc(-n3c[n+]([O-])c(C(=O)Nc4ccccc4)c3C)ccc12. The molecular formula is C21H18N4O3. The molecule has 1 amide bonds. The van der Waals surface area contributed by atoms with Crippen molar-refractivity contribution in [1.29, 1.82) is 0 Å². The van der Waals surface area contributed by atoms with Crippen molar-refractivity contribution in [2.75, 3.05) is 5.32 Å². The fraction of sp³-hybridized carbons (Fsp3) is 0.0952. The number of benzene rings is 2. The predicted molar refractivity (Wildman–Crippen MR) is 107 cm³/mol. The van der Waals surface area contributed by atoms with Gasteiger partial charge < -0.3 is 15.5 Å². The zero-order valence-electron chi connectivity index (χ0n) is 15.4. The molecule has 0 fully saturated rings. The van der Waals surface area contributed by atoms with Crippen LogP contribution < -0.4 is 15.6 Å². The number of nitrogens with zero attached hydrogens (tertiary/aromatic N) is 2. The number of rotatable bonds is 3. The molecule has 0 atom stereocenters. The van der Waals surface area contributed by atoms with E-state index >= 15 is 0 Å². The van der Waals surface area contributed by atoms with Gasteiger partial charge in [0, 0.05) is 30.1 Å². The number of anilines is 1. The molecule has 4 aromatic rings. The number of H-pyrrole nitrogens is 1. The van der Waals surface area contributed by atoms with Crippen molar-refractivity contribution in [3.63, 3.8) is 0 Å². The molecule has 0 bridgehead atoms. The zero-order chi connectivity index (χ0) is 19.8. The first kappa shape index (κ1) is 17.5. The molecule has 4 rings (SSSR count). The summed E-state index contributed by atoms with van der Waals surface area (Å²) in [5.41, 5.74) is 3.15. The molecule has 2 N–H and O–H groups in total. The van der Waals surface area contributed by atoms with E-state index in [0.29, 0.717) is 27.3 Å². The second kappa shape index (κ2) is 6.70. The van der Waals surface area contributed by atoms with Crippen LogP contribution in [0.3, 0.4) is 0 Å². The van der Waals surface area contributed by atoms with E-state index in [9.17, 15) is 14.8 Å². The number of aryl methyl sites for hydroxylation is 1. The van der Waals surface area contributed by atoms with E-state index in [0.717, 1.165) is 10.9 Å². The lowest BCUT2D eigenvalue weighted by Crippen LogP contribution is -2.34. The lowest BCUT2D eigenvalue weighted by Gasteiger charge is -2.05. The van der Waals surface area contributed by atoms with E-state index in [1.807, 2.05) is 25.1 Å². The first-order valence-electron chi connectivity index (χ1n) is 8.75. The summed E-state index contributed by atoms with van der Waals surface area (Å²) in [4.78, 5) is 27.2. The number of nitrogens with one attached hydrogen (secondary N) is 2. The lowest BCUT2D eigenvalue weighted by atomic mass is 10.1. The molecule has 0 aliphatic rings. The molecule has 7 nitrogen and oxygen atoms in total. The molecule has 7 heteroatoms. The highest BCUT2D eigenvalue weighted by Gasteiger charge is 2.24. The molecule has 2 heterocycles. The third kappa shape index (κ3) is 3.03. The molecule has 0 aliphatic carbocycles. The van der Waals surface area contributed by atoms with Crippen molar-refractivity contribution < 1.29 is 9.52 Å². The van der Waals surface area contributed by atoms with Gasteiger partial charge >= 0.3 is 0 Å². The van der Waals surface area contributed by atoms with Gasteiger partial charge in [-0.3, -0.25) is 9.59 Å². The van der Waals surface area contributed by atoms with Crippen LogP contribution in [0.2, 0.25) is 0 Å². The van der Waals surface area contributed by atoms with Crippen molar-refractivity contribution >= 4 is 22.5 Å². The number of pyridine rings is 1. The average Bonchev–Trinajstić information content (AvgIpc) is 2.96. The highest BCUT2D eigenvalue weighted by molar-refractivity contribution is 6.02. The van der Waals surface area contributed by atoms with Gasteiger partial charge in [0.15, 0.2) is 5.69 Å². The van der Waals surface area contributed by atoms with Crippen molar-refractivity contribution in [2.24, 2.45) is 0 Å². The van der Waals surface area contributed by atoms with Crippen LogP contribution in [-0.2, 0) is 0 Å². The first-order valence-corrected chi connectivity index (χ1v) is 8.75. The second-order valence-corrected chi connectivity index (χ2v) is 6.61. The molecule has 28 heavy (non-hydrogen) atoms. The summed E-state index contributed by atoms with van der Waals surface area (Å²) in [5, 5.41) is 16.1. The van der Waals surface area contributed by atoms with Gasteiger partial charge in [0.05, 0.1) is 5.52 Å². The minimum absolute atomic E-state index is 0.0154. The summed E-state index contributed by atoms with van der Waals surface area (Å²) < 4.78 is 2.18. The Kier molecular flexibility index (Phi) is 4.19. The Morgan fingerprint density at radius 3 is 2.61 bits per heavy atom. The van der Waals surface area contributed by atoms with Crippen LogP contribution in [0.15, 0.2) is 65.7 Å². The molecule has 0 aliphatic heterocycles. The van der Waals surface area contributed by atoms with Crippen LogP contribution in [0.1, 0.15) is 21.7 Å². The minimum Gasteiger partial charge on any atom is -0.710 e. The van der Waals surface area contributed by atoms with Crippen molar-refractivity contribution in [1.82, 2.24) is 9.55 Å². The summed E-state index contributed by atoms with van der Waals surface area (Å²) in [6, 6.07) is 16.0. The molecule has 0 saturated heterocycles. The maximum absolute atomic E-state index is 12.6. The average molecular weight is 374 g/mol. The number of hydrogen-bond donors (Lipinski definition) is 2. The molecule has 0 spiro atoms. The molecule has 0 unspecified atom stereocenters. The summed E-state index contributed by atoms with van der Waals surface area (Å²) in [5.74, 6) is -0.484. The number of para-hydroxylation sites is 1. The van der Waals surface area contributed by atoms with Crippen LogP contribution >= 0.6 is 0 Å². The van der Waals surface area contributed by atoms with Crippen LogP contribution in [0.5, 0.6) is 0 Å². The fourth-order valence-corrected chi connectivity index (χ4v) is 3.33. The smallest absolute Gasteiger partial charge is 0.300 e.